The van der Waals surface area contributed by atoms with Gasteiger partial charge < -0.3 is 5.32 Å². The maximum Gasteiger partial charge on any atom is 0.212 e. The zero-order chi connectivity index (χ0) is 15.3. The highest BCUT2D eigenvalue weighted by Crippen LogP contribution is 2.19. The Morgan fingerprint density at radius 3 is 2.52 bits per heavy atom. The molecule has 1 fully saturated rings. The Balaban J connectivity index is 1.72. The molecule has 118 valence electrons. The Labute approximate surface area is 132 Å². The smallest absolute Gasteiger partial charge is 0.212 e. The lowest BCUT2D eigenvalue weighted by Gasteiger charge is -2.14. The average molecular weight is 331 g/mol. The van der Waals surface area contributed by atoms with Crippen molar-refractivity contribution >= 4 is 21.6 Å². The van der Waals surface area contributed by atoms with Gasteiger partial charge in [-0.15, -0.1) is 0 Å². The molecule has 0 amide bonds. The highest BCUT2D eigenvalue weighted by molar-refractivity contribution is 7.89. The van der Waals surface area contributed by atoms with Crippen LogP contribution in [-0.4, -0.2) is 26.8 Å². The molecule has 0 aromatic heterocycles. The van der Waals surface area contributed by atoms with E-state index in [-0.39, 0.29) is 11.8 Å². The third-order valence-electron chi connectivity index (χ3n) is 3.58. The van der Waals surface area contributed by atoms with Crippen molar-refractivity contribution in [2.75, 3.05) is 12.3 Å². The predicted molar refractivity (Wildman–Crippen MR) is 87.0 cm³/mol. The zero-order valence-electron chi connectivity index (χ0n) is 12.3. The first-order valence-corrected chi connectivity index (χ1v) is 9.48. The molecule has 0 spiro atoms. The fraction of sp³-hybridized carbons (Fsp3) is 0.600. The van der Waals surface area contributed by atoms with E-state index in [0.717, 1.165) is 18.5 Å². The summed E-state index contributed by atoms with van der Waals surface area (Å²) in [6.07, 6.45) is 4.10. The summed E-state index contributed by atoms with van der Waals surface area (Å²) in [4.78, 5) is 0. The third kappa shape index (κ3) is 6.34. The van der Waals surface area contributed by atoms with Gasteiger partial charge in [-0.1, -0.05) is 23.7 Å². The molecule has 0 aliphatic heterocycles. The van der Waals surface area contributed by atoms with Crippen molar-refractivity contribution in [3.05, 3.63) is 34.9 Å². The van der Waals surface area contributed by atoms with Gasteiger partial charge in [-0.05, 0) is 56.8 Å². The number of nitrogens with one attached hydrogen (secondary N) is 2. The molecule has 1 atom stereocenters. The highest BCUT2D eigenvalue weighted by atomic mass is 35.5. The SMILES string of the molecule is CC(NS(=O)(=O)CCCCNC1CC1)c1ccc(Cl)cc1. The lowest BCUT2D eigenvalue weighted by molar-refractivity contribution is 0.560. The third-order valence-corrected chi connectivity index (χ3v) is 5.37. The summed E-state index contributed by atoms with van der Waals surface area (Å²) >= 11 is 5.83. The molecule has 1 aliphatic rings. The van der Waals surface area contributed by atoms with Gasteiger partial charge in [0.25, 0.3) is 0 Å². The van der Waals surface area contributed by atoms with Crippen molar-refractivity contribution in [3.63, 3.8) is 0 Å². The highest BCUT2D eigenvalue weighted by Gasteiger charge is 2.20. The maximum absolute atomic E-state index is 12.0. The molecule has 6 heteroatoms. The van der Waals surface area contributed by atoms with E-state index >= 15 is 0 Å². The fourth-order valence-corrected chi connectivity index (χ4v) is 3.66. The van der Waals surface area contributed by atoms with E-state index in [1.165, 1.54) is 12.8 Å². The van der Waals surface area contributed by atoms with Crippen LogP contribution in [0.4, 0.5) is 0 Å². The number of unbranched alkanes of at least 4 members (excludes halogenated alkanes) is 1. The van der Waals surface area contributed by atoms with Gasteiger partial charge in [-0.3, -0.25) is 0 Å². The number of hydrogen-bond acceptors (Lipinski definition) is 3. The van der Waals surface area contributed by atoms with Crippen molar-refractivity contribution in [3.8, 4) is 0 Å². The van der Waals surface area contributed by atoms with Crippen LogP contribution < -0.4 is 10.0 Å². The minimum atomic E-state index is -3.23. The molecule has 4 nitrogen and oxygen atoms in total. The van der Waals surface area contributed by atoms with Gasteiger partial charge in [-0.25, -0.2) is 13.1 Å². The molecule has 1 unspecified atom stereocenters. The topological polar surface area (TPSA) is 58.2 Å². The summed E-state index contributed by atoms with van der Waals surface area (Å²) in [7, 11) is -3.23. The summed E-state index contributed by atoms with van der Waals surface area (Å²) in [6.45, 7) is 2.75. The first-order valence-electron chi connectivity index (χ1n) is 7.45. The van der Waals surface area contributed by atoms with Crippen LogP contribution in [0.3, 0.4) is 0 Å². The molecule has 2 rings (SSSR count). The molecule has 0 radical (unpaired) electrons. The molecule has 21 heavy (non-hydrogen) atoms. The number of sulfonamides is 1. The minimum absolute atomic E-state index is 0.178. The molecule has 1 aromatic carbocycles. The number of halogens is 1. The quantitative estimate of drug-likeness (QED) is 0.684. The summed E-state index contributed by atoms with van der Waals surface area (Å²) in [5.41, 5.74) is 0.915. The maximum atomic E-state index is 12.0. The molecule has 2 N–H and O–H groups in total. The van der Waals surface area contributed by atoms with Gasteiger partial charge in [0.2, 0.25) is 10.0 Å². The van der Waals surface area contributed by atoms with Gasteiger partial charge >= 0.3 is 0 Å². The van der Waals surface area contributed by atoms with Crippen molar-refractivity contribution in [1.82, 2.24) is 10.0 Å². The first-order chi connectivity index (χ1) is 9.96. The van der Waals surface area contributed by atoms with Crippen LogP contribution >= 0.6 is 11.6 Å². The van der Waals surface area contributed by atoms with Gasteiger partial charge in [0.15, 0.2) is 0 Å². The Kier molecular flexibility index (Phi) is 6.05. The van der Waals surface area contributed by atoms with Gasteiger partial charge in [0.1, 0.15) is 0 Å². The average Bonchev–Trinajstić information content (AvgIpc) is 3.22. The molecule has 0 heterocycles. The van der Waals surface area contributed by atoms with E-state index in [4.69, 9.17) is 11.6 Å². The molecule has 1 saturated carbocycles. The lowest BCUT2D eigenvalue weighted by Crippen LogP contribution is -2.29. The Morgan fingerprint density at radius 1 is 1.24 bits per heavy atom. The second-order valence-electron chi connectivity index (χ2n) is 5.65. The van der Waals surface area contributed by atoms with E-state index in [9.17, 15) is 8.42 Å². The van der Waals surface area contributed by atoms with Gasteiger partial charge in [0, 0.05) is 17.1 Å². The lowest BCUT2D eigenvalue weighted by atomic mass is 10.1. The van der Waals surface area contributed by atoms with Crippen LogP contribution in [0.25, 0.3) is 0 Å². The van der Waals surface area contributed by atoms with Crippen LogP contribution in [0, 0.1) is 0 Å². The standard InChI is InChI=1S/C15H23ClN2O2S/c1-12(13-4-6-14(16)7-5-13)18-21(19,20)11-3-2-10-17-15-8-9-15/h4-7,12,15,17-18H,2-3,8-11H2,1H3. The molecule has 0 saturated heterocycles. The first kappa shape index (κ1) is 16.7. The van der Waals surface area contributed by atoms with Crippen molar-refractivity contribution in [1.29, 1.82) is 0 Å². The number of benzene rings is 1. The van der Waals surface area contributed by atoms with Gasteiger partial charge in [0.05, 0.1) is 5.75 Å². The molecule has 0 bridgehead atoms. The van der Waals surface area contributed by atoms with Crippen molar-refractivity contribution < 1.29 is 8.42 Å². The Morgan fingerprint density at radius 2 is 1.90 bits per heavy atom. The largest absolute Gasteiger partial charge is 0.314 e. The van der Waals surface area contributed by atoms with Crippen molar-refractivity contribution in [2.45, 2.75) is 44.7 Å². The van der Waals surface area contributed by atoms with E-state index < -0.39 is 10.0 Å². The Hall–Kier alpha value is -0.620. The molecular formula is C15H23ClN2O2S. The van der Waals surface area contributed by atoms with E-state index in [2.05, 4.69) is 10.0 Å². The van der Waals surface area contributed by atoms with Crippen LogP contribution in [0.5, 0.6) is 0 Å². The fourth-order valence-electron chi connectivity index (χ4n) is 2.16. The zero-order valence-corrected chi connectivity index (χ0v) is 13.9. The van der Waals surface area contributed by atoms with Crippen LogP contribution in [0.2, 0.25) is 5.02 Å². The van der Waals surface area contributed by atoms with Crippen LogP contribution in [0.15, 0.2) is 24.3 Å². The summed E-state index contributed by atoms with van der Waals surface area (Å²) in [5.74, 6) is 0.178. The summed E-state index contributed by atoms with van der Waals surface area (Å²) in [6, 6.07) is 7.67. The summed E-state index contributed by atoms with van der Waals surface area (Å²) < 4.78 is 26.8. The van der Waals surface area contributed by atoms with E-state index in [1.807, 2.05) is 19.1 Å². The van der Waals surface area contributed by atoms with E-state index in [0.29, 0.717) is 17.5 Å². The molecule has 1 aromatic rings. The number of rotatable bonds is 9. The van der Waals surface area contributed by atoms with Crippen molar-refractivity contribution in [2.24, 2.45) is 0 Å². The monoisotopic (exact) mass is 330 g/mol. The van der Waals surface area contributed by atoms with Crippen LogP contribution in [0.1, 0.15) is 44.2 Å². The normalized spacial score (nSPS) is 16.9. The molecule has 1 aliphatic carbocycles. The summed E-state index contributed by atoms with van der Waals surface area (Å²) in [5, 5.41) is 4.04. The predicted octanol–water partition coefficient (Wildman–Crippen LogP) is 2.85. The number of hydrogen-bond donors (Lipinski definition) is 2. The minimum Gasteiger partial charge on any atom is -0.314 e. The second kappa shape index (κ2) is 7.58. The Bertz CT molecular complexity index is 541. The van der Waals surface area contributed by atoms with Gasteiger partial charge in [-0.2, -0.15) is 0 Å². The second-order valence-corrected chi connectivity index (χ2v) is 7.96. The van der Waals surface area contributed by atoms with E-state index in [1.54, 1.807) is 12.1 Å². The molecular weight excluding hydrogens is 308 g/mol. The van der Waals surface area contributed by atoms with Crippen LogP contribution in [-0.2, 0) is 10.0 Å².